The van der Waals surface area contributed by atoms with Crippen LogP contribution >= 0.6 is 0 Å². The van der Waals surface area contributed by atoms with Crippen molar-refractivity contribution in [1.29, 1.82) is 0 Å². The van der Waals surface area contributed by atoms with Gasteiger partial charge in [-0.2, -0.15) is 0 Å². The molecule has 0 aromatic heterocycles. The number of hydrogen-bond donors (Lipinski definition) is 0. The van der Waals surface area contributed by atoms with E-state index in [0.29, 0.717) is 19.3 Å². The summed E-state index contributed by atoms with van der Waals surface area (Å²) in [6.07, 6.45) is 50.6. The summed E-state index contributed by atoms with van der Waals surface area (Å²) < 4.78 is 16.5. The minimum absolute atomic E-state index is 0.110. The van der Waals surface area contributed by atoms with Gasteiger partial charge in [0.05, 0.1) is 0 Å². The van der Waals surface area contributed by atoms with E-state index in [-0.39, 0.29) is 31.6 Å². The normalized spacial score (nSPS) is 12.7. The minimum atomic E-state index is -0.813. The molecule has 0 fully saturated rings. The standard InChI is InChI=1S/C47H78O6/c1-4-7-10-13-16-18-20-22-23-24-26-27-29-31-34-37-40-46(49)52-43-44(42-51-45(48)39-36-33-15-12-9-6-3)53-47(50)41-38-35-32-30-28-25-21-19-17-14-11-8-5-2/h8,11,17-20,23-25,28,32,35,44H,4-7,9-10,12-16,21-22,26-27,29-31,33-34,36-43H2,1-3H3/b11-8-,19-17-,20-18-,24-23-,28-25-,35-32-. The first-order valence-electron chi connectivity index (χ1n) is 21.4. The van der Waals surface area contributed by atoms with Gasteiger partial charge in [0.15, 0.2) is 6.10 Å². The first-order valence-corrected chi connectivity index (χ1v) is 21.4. The van der Waals surface area contributed by atoms with Gasteiger partial charge in [-0.3, -0.25) is 14.4 Å². The Balaban J connectivity index is 4.42. The van der Waals surface area contributed by atoms with E-state index in [0.717, 1.165) is 89.9 Å². The van der Waals surface area contributed by atoms with E-state index in [9.17, 15) is 14.4 Å². The number of hydrogen-bond acceptors (Lipinski definition) is 6. The van der Waals surface area contributed by atoms with Gasteiger partial charge in [-0.05, 0) is 77.0 Å². The van der Waals surface area contributed by atoms with Crippen molar-refractivity contribution in [1.82, 2.24) is 0 Å². The monoisotopic (exact) mass is 739 g/mol. The van der Waals surface area contributed by atoms with Gasteiger partial charge in [0.1, 0.15) is 13.2 Å². The van der Waals surface area contributed by atoms with Gasteiger partial charge >= 0.3 is 17.9 Å². The number of esters is 3. The Hall–Kier alpha value is -3.15. The molecule has 0 aliphatic carbocycles. The van der Waals surface area contributed by atoms with Crippen LogP contribution in [0.15, 0.2) is 72.9 Å². The molecule has 0 radical (unpaired) electrons. The zero-order valence-corrected chi connectivity index (χ0v) is 34.3. The number of carbonyl (C=O) groups is 3. The highest BCUT2D eigenvalue weighted by Gasteiger charge is 2.19. The van der Waals surface area contributed by atoms with Gasteiger partial charge in [0, 0.05) is 19.3 Å². The Labute approximate surface area is 325 Å². The predicted octanol–water partition coefficient (Wildman–Crippen LogP) is 13.5. The smallest absolute Gasteiger partial charge is 0.306 e. The van der Waals surface area contributed by atoms with Crippen LogP contribution in [-0.2, 0) is 28.6 Å². The predicted molar refractivity (Wildman–Crippen MR) is 224 cm³/mol. The lowest BCUT2D eigenvalue weighted by Gasteiger charge is -2.18. The summed E-state index contributed by atoms with van der Waals surface area (Å²) in [7, 11) is 0. The fraction of sp³-hybridized carbons (Fsp3) is 0.681. The maximum Gasteiger partial charge on any atom is 0.306 e. The molecule has 0 aliphatic heterocycles. The van der Waals surface area contributed by atoms with Gasteiger partial charge in [0.25, 0.3) is 0 Å². The van der Waals surface area contributed by atoms with E-state index >= 15 is 0 Å². The van der Waals surface area contributed by atoms with Crippen molar-refractivity contribution < 1.29 is 28.6 Å². The third kappa shape index (κ3) is 39.9. The summed E-state index contributed by atoms with van der Waals surface area (Å²) in [5.74, 6) is -1.02. The van der Waals surface area contributed by atoms with Gasteiger partial charge in [-0.15, -0.1) is 0 Å². The average molecular weight is 739 g/mol. The Morgan fingerprint density at radius 2 is 0.774 bits per heavy atom. The van der Waals surface area contributed by atoms with E-state index in [1.807, 2.05) is 12.2 Å². The van der Waals surface area contributed by atoms with Crippen LogP contribution in [0.1, 0.15) is 188 Å². The van der Waals surface area contributed by atoms with Crippen LogP contribution < -0.4 is 0 Å². The molecule has 6 heteroatoms. The second-order valence-electron chi connectivity index (χ2n) is 13.9. The van der Waals surface area contributed by atoms with Gasteiger partial charge in [-0.25, -0.2) is 0 Å². The maximum atomic E-state index is 12.6. The van der Waals surface area contributed by atoms with Gasteiger partial charge in [0.2, 0.25) is 0 Å². The lowest BCUT2D eigenvalue weighted by molar-refractivity contribution is -0.166. The summed E-state index contributed by atoms with van der Waals surface area (Å²) in [6.45, 7) is 6.34. The molecule has 0 saturated heterocycles. The quantitative estimate of drug-likeness (QED) is 0.0273. The van der Waals surface area contributed by atoms with Crippen LogP contribution in [0.4, 0.5) is 0 Å². The maximum absolute atomic E-state index is 12.6. The molecule has 6 nitrogen and oxygen atoms in total. The minimum Gasteiger partial charge on any atom is -0.462 e. The molecule has 1 atom stereocenters. The number of allylic oxidation sites excluding steroid dienone is 12. The van der Waals surface area contributed by atoms with Crippen molar-refractivity contribution >= 4 is 17.9 Å². The molecule has 0 amide bonds. The molecule has 0 saturated carbocycles. The topological polar surface area (TPSA) is 78.9 Å². The molecule has 0 aliphatic rings. The van der Waals surface area contributed by atoms with Crippen molar-refractivity contribution in [2.24, 2.45) is 0 Å². The van der Waals surface area contributed by atoms with Crippen LogP contribution in [0.25, 0.3) is 0 Å². The van der Waals surface area contributed by atoms with Gasteiger partial charge in [-0.1, -0.05) is 164 Å². The molecular weight excluding hydrogens is 661 g/mol. The van der Waals surface area contributed by atoms with Crippen LogP contribution in [-0.4, -0.2) is 37.2 Å². The fourth-order valence-electron chi connectivity index (χ4n) is 5.48. The van der Waals surface area contributed by atoms with Crippen molar-refractivity contribution in [3.8, 4) is 0 Å². The van der Waals surface area contributed by atoms with Crippen LogP contribution in [0.5, 0.6) is 0 Å². The highest BCUT2D eigenvalue weighted by molar-refractivity contribution is 5.71. The third-order valence-corrected chi connectivity index (χ3v) is 8.71. The van der Waals surface area contributed by atoms with E-state index in [4.69, 9.17) is 14.2 Å². The molecule has 302 valence electrons. The van der Waals surface area contributed by atoms with Crippen molar-refractivity contribution in [3.63, 3.8) is 0 Å². The largest absolute Gasteiger partial charge is 0.462 e. The number of ether oxygens (including phenoxy) is 3. The Morgan fingerprint density at radius 1 is 0.396 bits per heavy atom. The van der Waals surface area contributed by atoms with E-state index in [1.54, 1.807) is 0 Å². The number of unbranched alkanes of at least 4 members (excludes halogenated alkanes) is 14. The Bertz CT molecular complexity index is 1030. The molecule has 1 unspecified atom stereocenters. The zero-order valence-electron chi connectivity index (χ0n) is 34.3. The van der Waals surface area contributed by atoms with Crippen molar-refractivity contribution in [2.75, 3.05) is 13.2 Å². The lowest BCUT2D eigenvalue weighted by Crippen LogP contribution is -2.30. The van der Waals surface area contributed by atoms with Crippen LogP contribution in [0.2, 0.25) is 0 Å². The summed E-state index contributed by atoms with van der Waals surface area (Å²) in [5, 5.41) is 0. The van der Waals surface area contributed by atoms with E-state index in [2.05, 4.69) is 81.5 Å². The highest BCUT2D eigenvalue weighted by atomic mass is 16.6. The van der Waals surface area contributed by atoms with E-state index < -0.39 is 12.1 Å². The molecule has 0 aromatic rings. The first-order chi connectivity index (χ1) is 26.0. The van der Waals surface area contributed by atoms with Crippen LogP contribution in [0, 0.1) is 0 Å². The van der Waals surface area contributed by atoms with Crippen LogP contribution in [0.3, 0.4) is 0 Å². The zero-order chi connectivity index (χ0) is 38.7. The lowest BCUT2D eigenvalue weighted by atomic mass is 10.1. The molecule has 53 heavy (non-hydrogen) atoms. The highest BCUT2D eigenvalue weighted by Crippen LogP contribution is 2.11. The number of rotatable bonds is 37. The molecule has 0 spiro atoms. The Morgan fingerprint density at radius 3 is 1.25 bits per heavy atom. The second-order valence-corrected chi connectivity index (χ2v) is 13.9. The average Bonchev–Trinajstić information content (AvgIpc) is 3.15. The summed E-state index contributed by atoms with van der Waals surface area (Å²) in [5.41, 5.74) is 0. The third-order valence-electron chi connectivity index (χ3n) is 8.71. The molecule has 0 bridgehead atoms. The first kappa shape index (κ1) is 49.9. The molecule has 0 rings (SSSR count). The van der Waals surface area contributed by atoms with Crippen molar-refractivity contribution in [2.45, 2.75) is 194 Å². The van der Waals surface area contributed by atoms with Gasteiger partial charge < -0.3 is 14.2 Å². The summed E-state index contributed by atoms with van der Waals surface area (Å²) >= 11 is 0. The number of carbonyl (C=O) groups excluding carboxylic acids is 3. The summed E-state index contributed by atoms with van der Waals surface area (Å²) in [4.78, 5) is 37.4. The SMILES string of the molecule is CC/C=C\C/C=C\C/C=C\C/C=C\CCC(=O)OC(COC(=O)CCCCCCCC)COC(=O)CCCCCCC/C=C\C/C=C\CCCCCC. The Kier molecular flexibility index (Phi) is 39.1. The molecule has 0 aromatic carbocycles. The molecule has 0 heterocycles. The summed E-state index contributed by atoms with van der Waals surface area (Å²) in [6, 6.07) is 0. The molecular formula is C47H78O6. The fourth-order valence-corrected chi connectivity index (χ4v) is 5.48. The second kappa shape index (κ2) is 41.6. The van der Waals surface area contributed by atoms with E-state index in [1.165, 1.54) is 51.4 Å². The molecule has 0 N–H and O–H groups in total. The van der Waals surface area contributed by atoms with Crippen molar-refractivity contribution in [3.05, 3.63) is 72.9 Å².